The number of hydrogen-bond acceptors (Lipinski definition) is 8. The van der Waals surface area contributed by atoms with Gasteiger partial charge in [-0.05, 0) is 49.4 Å². The minimum atomic E-state index is -0.960. The van der Waals surface area contributed by atoms with Crippen LogP contribution in [0, 0.1) is 59.2 Å². The van der Waals surface area contributed by atoms with E-state index in [4.69, 9.17) is 18.9 Å². The molecular formula is C44H76O8. The minimum absolute atomic E-state index is 0.214. The predicted octanol–water partition coefficient (Wildman–Crippen LogP) is 10.3. The third-order valence-electron chi connectivity index (χ3n) is 12.1. The summed E-state index contributed by atoms with van der Waals surface area (Å²) in [5, 5.41) is 0. The van der Waals surface area contributed by atoms with E-state index >= 15 is 0 Å². The second kappa shape index (κ2) is 25.6. The molecule has 0 heterocycles. The van der Waals surface area contributed by atoms with Crippen LogP contribution in [0.15, 0.2) is 12.2 Å². The highest BCUT2D eigenvalue weighted by Crippen LogP contribution is 2.53. The van der Waals surface area contributed by atoms with Gasteiger partial charge in [-0.3, -0.25) is 19.2 Å². The number of rotatable bonds is 28. The molecule has 0 spiro atoms. The van der Waals surface area contributed by atoms with Gasteiger partial charge in [-0.1, -0.05) is 145 Å². The fraction of sp³-hybridized carbons (Fsp3) is 0.864. The van der Waals surface area contributed by atoms with Crippen LogP contribution in [-0.2, 0) is 38.1 Å². The molecule has 8 atom stereocenters. The summed E-state index contributed by atoms with van der Waals surface area (Å²) in [6.07, 6.45) is 19.4. The normalized spacial score (nSPS) is 24.5. The second-order valence-corrected chi connectivity index (χ2v) is 15.8. The van der Waals surface area contributed by atoms with E-state index in [2.05, 4.69) is 55.4 Å². The van der Waals surface area contributed by atoms with Crippen molar-refractivity contribution >= 4 is 23.9 Å². The van der Waals surface area contributed by atoms with Crippen molar-refractivity contribution in [3.8, 4) is 0 Å². The van der Waals surface area contributed by atoms with Crippen LogP contribution >= 0.6 is 0 Å². The molecule has 8 nitrogen and oxygen atoms in total. The van der Waals surface area contributed by atoms with Gasteiger partial charge in [-0.15, -0.1) is 0 Å². The fourth-order valence-electron chi connectivity index (χ4n) is 8.13. The number of fused-ring (bicyclic) bond motifs is 2. The highest BCUT2D eigenvalue weighted by atomic mass is 16.6. The third-order valence-corrected chi connectivity index (χ3v) is 12.1. The number of carbonyl (C=O) groups is 4. The van der Waals surface area contributed by atoms with Gasteiger partial charge >= 0.3 is 23.9 Å². The lowest BCUT2D eigenvalue weighted by atomic mass is 9.53. The molecule has 3 rings (SSSR count). The zero-order valence-corrected chi connectivity index (χ0v) is 34.3. The van der Waals surface area contributed by atoms with E-state index in [0.29, 0.717) is 0 Å². The van der Waals surface area contributed by atoms with Gasteiger partial charge in [-0.25, -0.2) is 0 Å². The van der Waals surface area contributed by atoms with Gasteiger partial charge in [0.2, 0.25) is 0 Å². The monoisotopic (exact) mass is 733 g/mol. The first kappa shape index (κ1) is 45.8. The van der Waals surface area contributed by atoms with Crippen molar-refractivity contribution < 1.29 is 38.1 Å². The Balaban J connectivity index is 2.52. The van der Waals surface area contributed by atoms with Crippen molar-refractivity contribution in [2.45, 2.75) is 158 Å². The molecule has 8 unspecified atom stereocenters. The SMILES string of the molecule is CCCCC(CC)COC(=O)C1C2C=CC(C1C(=O)OCC(CC)CCCC)C(C(=O)OCC(CC)CCCC)C2C(=O)OCC(CC)CCCC. The zero-order chi connectivity index (χ0) is 38.5. The number of hydrogen-bond donors (Lipinski definition) is 0. The molecule has 3 aliphatic carbocycles. The van der Waals surface area contributed by atoms with Gasteiger partial charge in [0.1, 0.15) is 0 Å². The molecule has 0 amide bonds. The molecule has 0 aromatic rings. The van der Waals surface area contributed by atoms with E-state index in [1.807, 2.05) is 12.2 Å². The van der Waals surface area contributed by atoms with Crippen LogP contribution in [0.25, 0.3) is 0 Å². The Morgan fingerprint density at radius 1 is 0.404 bits per heavy atom. The summed E-state index contributed by atoms with van der Waals surface area (Å²) >= 11 is 0. The number of esters is 4. The van der Waals surface area contributed by atoms with Gasteiger partial charge in [0, 0.05) is 11.8 Å². The highest BCUT2D eigenvalue weighted by molar-refractivity contribution is 5.90. The molecule has 300 valence electrons. The highest BCUT2D eigenvalue weighted by Gasteiger charge is 2.62. The average molecular weight is 733 g/mol. The van der Waals surface area contributed by atoms with E-state index in [1.54, 1.807) is 0 Å². The number of ether oxygens (including phenoxy) is 4. The molecule has 8 heteroatoms. The summed E-state index contributed by atoms with van der Waals surface area (Å²) in [6.45, 7) is 18.0. The Morgan fingerprint density at radius 2 is 0.615 bits per heavy atom. The van der Waals surface area contributed by atoms with Crippen LogP contribution in [-0.4, -0.2) is 50.3 Å². The Morgan fingerprint density at radius 3 is 0.788 bits per heavy atom. The standard InChI is InChI=1S/C44H76O8/c1-9-17-21-31(13-5)27-49-41(45)37-35-25-26-36(38(37)42(46)50-28-32(14-6)22-18-10-2)40(44(48)52-30-34(16-8)24-20-12-4)39(35)43(47)51-29-33(15-7)23-19-11-3/h25-26,31-40H,9-24,27-30H2,1-8H3. The number of allylic oxidation sites excluding steroid dienone is 2. The van der Waals surface area contributed by atoms with Crippen LogP contribution in [0.4, 0.5) is 0 Å². The average Bonchev–Trinajstić information content (AvgIpc) is 3.17. The maximum absolute atomic E-state index is 14.2. The van der Waals surface area contributed by atoms with E-state index in [9.17, 15) is 19.2 Å². The first-order valence-corrected chi connectivity index (χ1v) is 21.5. The van der Waals surface area contributed by atoms with Crippen molar-refractivity contribution in [2.24, 2.45) is 59.2 Å². The summed E-state index contributed by atoms with van der Waals surface area (Å²) < 4.78 is 24.1. The lowest BCUT2D eigenvalue weighted by Crippen LogP contribution is -2.58. The Hall–Kier alpha value is -2.38. The molecule has 0 aliphatic heterocycles. The maximum atomic E-state index is 14.2. The largest absolute Gasteiger partial charge is 0.465 e. The molecule has 0 aromatic heterocycles. The van der Waals surface area contributed by atoms with Gasteiger partial charge in [0.05, 0.1) is 50.1 Å². The summed E-state index contributed by atoms with van der Waals surface area (Å²) in [5.41, 5.74) is 0. The Bertz CT molecular complexity index is 912. The second-order valence-electron chi connectivity index (χ2n) is 15.8. The Kier molecular flexibility index (Phi) is 22.5. The minimum Gasteiger partial charge on any atom is -0.465 e. The van der Waals surface area contributed by atoms with Gasteiger partial charge in [0.25, 0.3) is 0 Å². The molecule has 3 aliphatic rings. The number of unbranched alkanes of at least 4 members (excludes halogenated alkanes) is 4. The molecular weight excluding hydrogens is 656 g/mol. The molecule has 1 saturated carbocycles. The molecule has 2 bridgehead atoms. The van der Waals surface area contributed by atoms with Crippen molar-refractivity contribution in [3.63, 3.8) is 0 Å². The molecule has 1 fully saturated rings. The van der Waals surface area contributed by atoms with E-state index in [-0.39, 0.29) is 50.1 Å². The third kappa shape index (κ3) is 13.8. The van der Waals surface area contributed by atoms with Crippen LogP contribution in [0.2, 0.25) is 0 Å². The van der Waals surface area contributed by atoms with Gasteiger partial charge in [-0.2, -0.15) is 0 Å². The molecule has 0 saturated heterocycles. The van der Waals surface area contributed by atoms with Crippen LogP contribution in [0.3, 0.4) is 0 Å². The van der Waals surface area contributed by atoms with Crippen LogP contribution in [0.1, 0.15) is 158 Å². The predicted molar refractivity (Wildman–Crippen MR) is 207 cm³/mol. The maximum Gasteiger partial charge on any atom is 0.310 e. The lowest BCUT2D eigenvalue weighted by Gasteiger charge is -2.49. The van der Waals surface area contributed by atoms with Gasteiger partial charge in [0.15, 0.2) is 0 Å². The van der Waals surface area contributed by atoms with Crippen molar-refractivity contribution in [1.29, 1.82) is 0 Å². The van der Waals surface area contributed by atoms with Gasteiger partial charge < -0.3 is 18.9 Å². The molecule has 0 aromatic carbocycles. The van der Waals surface area contributed by atoms with E-state index in [1.165, 1.54) is 0 Å². The first-order valence-electron chi connectivity index (χ1n) is 21.5. The van der Waals surface area contributed by atoms with Crippen LogP contribution < -0.4 is 0 Å². The van der Waals surface area contributed by atoms with E-state index in [0.717, 1.165) is 103 Å². The van der Waals surface area contributed by atoms with Crippen molar-refractivity contribution in [1.82, 2.24) is 0 Å². The quantitative estimate of drug-likeness (QED) is 0.0445. The topological polar surface area (TPSA) is 105 Å². The summed E-state index contributed by atoms with van der Waals surface area (Å²) in [4.78, 5) is 56.9. The summed E-state index contributed by atoms with van der Waals surface area (Å²) in [7, 11) is 0. The molecule has 52 heavy (non-hydrogen) atoms. The summed E-state index contributed by atoms with van der Waals surface area (Å²) in [5.74, 6) is -6.49. The van der Waals surface area contributed by atoms with E-state index < -0.39 is 59.4 Å². The number of carbonyl (C=O) groups excluding carboxylic acids is 4. The lowest BCUT2D eigenvalue weighted by molar-refractivity contribution is -0.187. The van der Waals surface area contributed by atoms with Crippen molar-refractivity contribution in [3.05, 3.63) is 12.2 Å². The molecule has 0 N–H and O–H groups in total. The van der Waals surface area contributed by atoms with Crippen LogP contribution in [0.5, 0.6) is 0 Å². The fourth-order valence-corrected chi connectivity index (χ4v) is 8.13. The smallest absolute Gasteiger partial charge is 0.310 e. The molecule has 0 radical (unpaired) electrons. The Labute approximate surface area is 317 Å². The summed E-state index contributed by atoms with van der Waals surface area (Å²) in [6, 6.07) is 0. The first-order chi connectivity index (χ1) is 25.1. The zero-order valence-electron chi connectivity index (χ0n) is 34.3. The van der Waals surface area contributed by atoms with Crippen molar-refractivity contribution in [2.75, 3.05) is 26.4 Å².